The van der Waals surface area contributed by atoms with Gasteiger partial charge in [0.15, 0.2) is 0 Å². The molecule has 0 saturated carbocycles. The van der Waals surface area contributed by atoms with Gasteiger partial charge in [-0.05, 0) is 29.8 Å². The molecule has 0 aromatic heterocycles. The molecule has 0 aliphatic carbocycles. The minimum Gasteiger partial charge on any atom is -0.219 e. The van der Waals surface area contributed by atoms with Gasteiger partial charge in [-0.3, -0.25) is 0 Å². The lowest BCUT2D eigenvalue weighted by atomic mass is 10.3. The van der Waals surface area contributed by atoms with Crippen LogP contribution in [0.5, 0.6) is 0 Å². The molecule has 0 aliphatic heterocycles. The van der Waals surface area contributed by atoms with E-state index in [2.05, 4.69) is 10.0 Å². The highest BCUT2D eigenvalue weighted by molar-refractivity contribution is 7.91. The van der Waals surface area contributed by atoms with Crippen LogP contribution in [-0.4, -0.2) is 8.42 Å². The lowest BCUT2D eigenvalue weighted by molar-refractivity contribution is 0.596. The van der Waals surface area contributed by atoms with Crippen LogP contribution >= 0.6 is 11.6 Å². The molecule has 0 N–H and O–H groups in total. The minimum absolute atomic E-state index is 0.0462. The van der Waals surface area contributed by atoms with Crippen LogP contribution in [0.3, 0.4) is 0 Å². The van der Waals surface area contributed by atoms with Crippen LogP contribution < -0.4 is 0 Å². The van der Waals surface area contributed by atoms with Gasteiger partial charge in [0.05, 0.1) is 15.5 Å². The van der Waals surface area contributed by atoms with Gasteiger partial charge in [0.2, 0.25) is 9.84 Å². The van der Waals surface area contributed by atoms with Gasteiger partial charge < -0.3 is 0 Å². The van der Waals surface area contributed by atoms with Crippen molar-refractivity contribution in [3.63, 3.8) is 0 Å². The summed E-state index contributed by atoms with van der Waals surface area (Å²) in [5.74, 6) is 0. The van der Waals surface area contributed by atoms with Crippen LogP contribution in [0.1, 0.15) is 0 Å². The number of azide groups is 1. The Labute approximate surface area is 115 Å². The maximum atomic E-state index is 12.4. The van der Waals surface area contributed by atoms with Gasteiger partial charge >= 0.3 is 0 Å². The zero-order valence-electron chi connectivity index (χ0n) is 9.56. The van der Waals surface area contributed by atoms with Crippen molar-refractivity contribution >= 4 is 27.1 Å². The first-order chi connectivity index (χ1) is 9.05. The molecule has 0 aliphatic rings. The number of hydrogen-bond acceptors (Lipinski definition) is 3. The third-order valence-electron chi connectivity index (χ3n) is 2.41. The average molecular weight is 294 g/mol. The zero-order chi connectivity index (χ0) is 13.9. The van der Waals surface area contributed by atoms with Gasteiger partial charge in [-0.2, -0.15) is 0 Å². The van der Waals surface area contributed by atoms with Crippen LogP contribution in [0.25, 0.3) is 10.4 Å². The zero-order valence-corrected chi connectivity index (χ0v) is 11.1. The fourth-order valence-corrected chi connectivity index (χ4v) is 3.27. The second kappa shape index (κ2) is 5.32. The Bertz CT molecular complexity index is 768. The molecule has 0 fully saturated rings. The predicted molar refractivity (Wildman–Crippen MR) is 72.2 cm³/mol. The SMILES string of the molecule is [N-]=[N+]=Nc1ccccc1S(=O)(=O)c1cccc(Cl)c1. The summed E-state index contributed by atoms with van der Waals surface area (Å²) in [6, 6.07) is 11.9. The second-order valence-electron chi connectivity index (χ2n) is 3.62. The molecule has 2 aromatic carbocycles. The van der Waals surface area contributed by atoms with Crippen molar-refractivity contribution in [1.29, 1.82) is 0 Å². The summed E-state index contributed by atoms with van der Waals surface area (Å²) < 4.78 is 24.9. The summed E-state index contributed by atoms with van der Waals surface area (Å²) in [5.41, 5.74) is 8.53. The van der Waals surface area contributed by atoms with Crippen LogP contribution in [0.15, 0.2) is 63.4 Å². The highest BCUT2D eigenvalue weighted by Gasteiger charge is 2.20. The number of nitrogens with zero attached hydrogens (tertiary/aromatic N) is 3. The third kappa shape index (κ3) is 2.71. The molecule has 0 bridgehead atoms. The van der Waals surface area contributed by atoms with Gasteiger partial charge in [0.25, 0.3) is 0 Å². The molecule has 5 nitrogen and oxygen atoms in total. The van der Waals surface area contributed by atoms with Crippen molar-refractivity contribution in [2.45, 2.75) is 9.79 Å². The molecule has 0 amide bonds. The number of halogens is 1. The number of benzene rings is 2. The maximum Gasteiger partial charge on any atom is 0.207 e. The molecular formula is C12H8ClN3O2S. The van der Waals surface area contributed by atoms with E-state index in [-0.39, 0.29) is 15.5 Å². The van der Waals surface area contributed by atoms with Crippen molar-refractivity contribution in [3.05, 3.63) is 64.0 Å². The van der Waals surface area contributed by atoms with E-state index in [4.69, 9.17) is 17.1 Å². The largest absolute Gasteiger partial charge is 0.219 e. The van der Waals surface area contributed by atoms with E-state index in [1.807, 2.05) is 0 Å². The molecule has 0 spiro atoms. The Hall–Kier alpha value is -2.01. The molecule has 0 heterocycles. The van der Waals surface area contributed by atoms with Gasteiger partial charge in [0.1, 0.15) is 0 Å². The van der Waals surface area contributed by atoms with E-state index in [0.717, 1.165) is 0 Å². The normalized spacial score (nSPS) is 10.8. The average Bonchev–Trinajstić information content (AvgIpc) is 2.39. The Morgan fingerprint density at radius 3 is 2.53 bits per heavy atom. The highest BCUT2D eigenvalue weighted by atomic mass is 35.5. The molecule has 19 heavy (non-hydrogen) atoms. The summed E-state index contributed by atoms with van der Waals surface area (Å²) in [6.07, 6.45) is 0. The topological polar surface area (TPSA) is 82.9 Å². The molecule has 96 valence electrons. The maximum absolute atomic E-state index is 12.4. The second-order valence-corrected chi connectivity index (χ2v) is 5.97. The Morgan fingerprint density at radius 1 is 1.11 bits per heavy atom. The van der Waals surface area contributed by atoms with Crippen molar-refractivity contribution < 1.29 is 8.42 Å². The smallest absolute Gasteiger partial charge is 0.207 e. The third-order valence-corrected chi connectivity index (χ3v) is 4.45. The summed E-state index contributed by atoms with van der Waals surface area (Å²) in [7, 11) is -3.76. The fraction of sp³-hybridized carbons (Fsp3) is 0. The summed E-state index contributed by atoms with van der Waals surface area (Å²) >= 11 is 5.79. The van der Waals surface area contributed by atoms with Gasteiger partial charge in [-0.25, -0.2) is 8.42 Å². The van der Waals surface area contributed by atoms with Crippen molar-refractivity contribution in [3.8, 4) is 0 Å². The van der Waals surface area contributed by atoms with Gasteiger partial charge in [0, 0.05) is 9.93 Å². The molecule has 0 unspecified atom stereocenters. The van der Waals surface area contributed by atoms with Crippen LogP contribution in [0.2, 0.25) is 5.02 Å². The molecule has 0 saturated heterocycles. The predicted octanol–water partition coefficient (Wildman–Crippen LogP) is 4.11. The molecule has 0 radical (unpaired) electrons. The van der Waals surface area contributed by atoms with E-state index >= 15 is 0 Å². The van der Waals surface area contributed by atoms with Crippen LogP contribution in [-0.2, 0) is 9.84 Å². The first-order valence-electron chi connectivity index (χ1n) is 5.20. The van der Waals surface area contributed by atoms with E-state index < -0.39 is 9.84 Å². The van der Waals surface area contributed by atoms with Crippen LogP contribution in [0.4, 0.5) is 5.69 Å². The van der Waals surface area contributed by atoms with E-state index in [0.29, 0.717) is 5.02 Å². The van der Waals surface area contributed by atoms with Gasteiger partial charge in [-0.15, -0.1) is 0 Å². The Balaban J connectivity index is 2.67. The Kier molecular flexibility index (Phi) is 3.76. The molecule has 0 atom stereocenters. The summed E-state index contributed by atoms with van der Waals surface area (Å²) in [4.78, 5) is 2.64. The molecule has 2 rings (SSSR count). The first kappa shape index (κ1) is 13.4. The van der Waals surface area contributed by atoms with E-state index in [9.17, 15) is 8.42 Å². The Morgan fingerprint density at radius 2 is 1.84 bits per heavy atom. The lowest BCUT2D eigenvalue weighted by Crippen LogP contribution is -2.02. The number of rotatable bonds is 3. The van der Waals surface area contributed by atoms with Crippen LogP contribution in [0, 0.1) is 0 Å². The molecule has 2 aromatic rings. The van der Waals surface area contributed by atoms with Crippen molar-refractivity contribution in [2.75, 3.05) is 0 Å². The summed E-state index contributed by atoms with van der Waals surface area (Å²) in [5, 5.41) is 3.71. The first-order valence-corrected chi connectivity index (χ1v) is 7.06. The van der Waals surface area contributed by atoms with Crippen molar-refractivity contribution in [1.82, 2.24) is 0 Å². The number of sulfone groups is 1. The van der Waals surface area contributed by atoms with Gasteiger partial charge in [-0.1, -0.05) is 41.0 Å². The summed E-state index contributed by atoms with van der Waals surface area (Å²) in [6.45, 7) is 0. The highest BCUT2D eigenvalue weighted by Crippen LogP contribution is 2.30. The fourth-order valence-electron chi connectivity index (χ4n) is 1.58. The number of hydrogen-bond donors (Lipinski definition) is 0. The standard InChI is InChI=1S/C12H8ClN3O2S/c13-9-4-3-5-10(8-9)19(17,18)12-7-2-1-6-11(12)15-16-14/h1-8H. The quantitative estimate of drug-likeness (QED) is 0.484. The monoisotopic (exact) mass is 293 g/mol. The van der Waals surface area contributed by atoms with E-state index in [1.165, 1.54) is 24.3 Å². The molecular weight excluding hydrogens is 286 g/mol. The van der Waals surface area contributed by atoms with E-state index in [1.54, 1.807) is 24.3 Å². The molecule has 7 heteroatoms. The minimum atomic E-state index is -3.76. The lowest BCUT2D eigenvalue weighted by Gasteiger charge is -2.07. The van der Waals surface area contributed by atoms with Crippen molar-refractivity contribution in [2.24, 2.45) is 5.11 Å².